The molecule has 1 aromatic carbocycles. The normalized spacial score (nSPS) is 22.9. The number of rotatable bonds is 6. The van der Waals surface area contributed by atoms with E-state index in [0.29, 0.717) is 23.1 Å². The molecule has 3 unspecified atom stereocenters. The van der Waals surface area contributed by atoms with Crippen LogP contribution in [-0.4, -0.2) is 46.7 Å². The maximum Gasteiger partial charge on any atom is 0.305 e. The van der Waals surface area contributed by atoms with Gasteiger partial charge in [0.25, 0.3) is 5.91 Å². The van der Waals surface area contributed by atoms with Gasteiger partial charge in [0.05, 0.1) is 24.7 Å². The summed E-state index contributed by atoms with van der Waals surface area (Å²) in [5, 5.41) is 20.1. The first-order valence-corrected chi connectivity index (χ1v) is 12.3. The summed E-state index contributed by atoms with van der Waals surface area (Å²) in [4.78, 5) is 33.1. The highest BCUT2D eigenvalue weighted by molar-refractivity contribution is 5.95. The summed E-state index contributed by atoms with van der Waals surface area (Å²) < 4.78 is 0. The fourth-order valence-electron chi connectivity index (χ4n) is 5.47. The molecule has 2 aliphatic carbocycles. The number of pyridine rings is 1. The molecule has 3 aliphatic rings. The number of nitrogens with zero attached hydrogens (tertiary/aromatic N) is 3. The third kappa shape index (κ3) is 5.18. The number of aromatic nitrogens is 1. The van der Waals surface area contributed by atoms with Crippen molar-refractivity contribution in [1.82, 2.24) is 21.0 Å². The highest BCUT2D eigenvalue weighted by Gasteiger charge is 2.36. The van der Waals surface area contributed by atoms with Crippen LogP contribution >= 0.6 is 0 Å². The first kappa shape index (κ1) is 23.0. The SMILES string of the molecule is O=C(O)CC(NC(=O)c1ccc2c(c1)CC/C(=N/NC1=NCCN1)C1CCCC21)c1ccccn1. The summed E-state index contributed by atoms with van der Waals surface area (Å²) in [5.74, 6) is 0.246. The Kier molecular flexibility index (Phi) is 6.74. The number of hydrazone groups is 1. The third-order valence-electron chi connectivity index (χ3n) is 7.11. The van der Waals surface area contributed by atoms with Crippen LogP contribution < -0.4 is 16.1 Å². The highest BCUT2D eigenvalue weighted by atomic mass is 16.4. The largest absolute Gasteiger partial charge is 0.481 e. The van der Waals surface area contributed by atoms with Gasteiger partial charge in [-0.1, -0.05) is 18.6 Å². The summed E-state index contributed by atoms with van der Waals surface area (Å²) >= 11 is 0. The molecule has 5 rings (SSSR count). The van der Waals surface area contributed by atoms with Gasteiger partial charge in [0, 0.05) is 29.9 Å². The summed E-state index contributed by atoms with van der Waals surface area (Å²) in [6.45, 7) is 1.60. The molecule has 1 saturated carbocycles. The molecule has 1 aromatic heterocycles. The monoisotopic (exact) mass is 474 g/mol. The summed E-state index contributed by atoms with van der Waals surface area (Å²) in [7, 11) is 0. The fraction of sp³-hybridized carbons (Fsp3) is 0.423. The van der Waals surface area contributed by atoms with Crippen molar-refractivity contribution in [3.8, 4) is 0 Å². The van der Waals surface area contributed by atoms with Crippen LogP contribution in [0.15, 0.2) is 52.7 Å². The molecular weight excluding hydrogens is 444 g/mol. The topological polar surface area (TPSA) is 128 Å². The number of hydrogen-bond donors (Lipinski definition) is 4. The zero-order valence-corrected chi connectivity index (χ0v) is 19.5. The number of benzene rings is 1. The summed E-state index contributed by atoms with van der Waals surface area (Å²) in [5.41, 5.74) is 7.82. The minimum atomic E-state index is -0.991. The molecule has 182 valence electrons. The average Bonchev–Trinajstić information content (AvgIpc) is 3.54. The van der Waals surface area contributed by atoms with E-state index in [1.54, 1.807) is 24.4 Å². The lowest BCUT2D eigenvalue weighted by molar-refractivity contribution is -0.137. The lowest BCUT2D eigenvalue weighted by Gasteiger charge is -2.21. The Bertz CT molecular complexity index is 1160. The van der Waals surface area contributed by atoms with Crippen LogP contribution in [0.1, 0.15) is 71.2 Å². The summed E-state index contributed by atoms with van der Waals surface area (Å²) in [6.07, 6.45) is 6.40. The Hall–Kier alpha value is -3.75. The van der Waals surface area contributed by atoms with E-state index in [4.69, 9.17) is 5.10 Å². The fourth-order valence-corrected chi connectivity index (χ4v) is 5.47. The predicted octanol–water partition coefficient (Wildman–Crippen LogP) is 2.76. The molecule has 0 saturated heterocycles. The lowest BCUT2D eigenvalue weighted by Crippen LogP contribution is -2.32. The smallest absolute Gasteiger partial charge is 0.305 e. The van der Waals surface area contributed by atoms with Gasteiger partial charge in [0.1, 0.15) is 0 Å². The number of carbonyl (C=O) groups excluding carboxylic acids is 1. The van der Waals surface area contributed by atoms with Gasteiger partial charge in [-0.25, -0.2) is 10.4 Å². The molecule has 0 spiro atoms. The average molecular weight is 475 g/mol. The minimum Gasteiger partial charge on any atom is -0.481 e. The Morgan fingerprint density at radius 2 is 2.06 bits per heavy atom. The number of aliphatic carboxylic acids is 1. The van der Waals surface area contributed by atoms with E-state index < -0.39 is 12.0 Å². The summed E-state index contributed by atoms with van der Waals surface area (Å²) in [6, 6.07) is 10.5. The Morgan fingerprint density at radius 1 is 1.17 bits per heavy atom. The highest BCUT2D eigenvalue weighted by Crippen LogP contribution is 2.44. The molecule has 1 amide bonds. The lowest BCUT2D eigenvalue weighted by atomic mass is 9.85. The first-order valence-electron chi connectivity index (χ1n) is 12.3. The number of hydrogen-bond acceptors (Lipinski definition) is 7. The number of carboxylic acid groups (broad SMARTS) is 1. The van der Waals surface area contributed by atoms with E-state index in [9.17, 15) is 14.7 Å². The molecule has 9 heteroatoms. The molecule has 1 aliphatic heterocycles. The van der Waals surface area contributed by atoms with Crippen molar-refractivity contribution in [3.63, 3.8) is 0 Å². The predicted molar refractivity (Wildman–Crippen MR) is 132 cm³/mol. The molecule has 2 heterocycles. The number of aryl methyl sites for hydroxylation is 1. The van der Waals surface area contributed by atoms with E-state index in [0.717, 1.165) is 51.2 Å². The molecule has 1 fully saturated rings. The van der Waals surface area contributed by atoms with Crippen LogP contribution in [0.25, 0.3) is 0 Å². The van der Waals surface area contributed by atoms with Crippen molar-refractivity contribution in [3.05, 3.63) is 65.0 Å². The number of carboxylic acids is 1. The van der Waals surface area contributed by atoms with Gasteiger partial charge in [-0.3, -0.25) is 14.6 Å². The standard InChI is InChI=1S/C26H30N6O3/c33-24(34)15-23(22-6-1-2-11-27-22)30-25(35)17-7-9-18-16(14-17)8-10-21(20-5-3-4-19(18)20)31-32-26-28-12-13-29-26/h1-2,6-7,9,11,14,19-20,23H,3-5,8,10,12-13,15H2,(H,30,35)(H,33,34)(H2,28,29,32)/b31-21-. The van der Waals surface area contributed by atoms with Crippen molar-refractivity contribution in [2.24, 2.45) is 16.0 Å². The van der Waals surface area contributed by atoms with Gasteiger partial charge in [-0.2, -0.15) is 5.10 Å². The number of carbonyl (C=O) groups is 2. The van der Waals surface area contributed by atoms with Crippen LogP contribution in [0.4, 0.5) is 0 Å². The van der Waals surface area contributed by atoms with Crippen LogP contribution in [0.2, 0.25) is 0 Å². The second-order valence-electron chi connectivity index (χ2n) is 9.31. The molecular formula is C26H30N6O3. The van der Waals surface area contributed by atoms with Crippen LogP contribution in [0.5, 0.6) is 0 Å². The molecule has 0 radical (unpaired) electrons. The van der Waals surface area contributed by atoms with Crippen molar-refractivity contribution < 1.29 is 14.7 Å². The van der Waals surface area contributed by atoms with Gasteiger partial charge in [0.15, 0.2) is 0 Å². The van der Waals surface area contributed by atoms with Crippen molar-refractivity contribution >= 4 is 23.5 Å². The quantitative estimate of drug-likeness (QED) is 0.477. The molecule has 35 heavy (non-hydrogen) atoms. The molecule has 0 bridgehead atoms. The van der Waals surface area contributed by atoms with Crippen LogP contribution in [0.3, 0.4) is 0 Å². The van der Waals surface area contributed by atoms with E-state index in [1.165, 1.54) is 16.8 Å². The molecule has 3 atom stereocenters. The van der Waals surface area contributed by atoms with E-state index in [1.807, 2.05) is 12.1 Å². The number of guanidine groups is 1. The second kappa shape index (κ2) is 10.2. The number of nitrogens with one attached hydrogen (secondary N) is 3. The number of fused-ring (bicyclic) bond motifs is 3. The van der Waals surface area contributed by atoms with E-state index in [-0.39, 0.29) is 12.3 Å². The van der Waals surface area contributed by atoms with E-state index >= 15 is 0 Å². The first-order chi connectivity index (χ1) is 17.1. The van der Waals surface area contributed by atoms with Gasteiger partial charge < -0.3 is 15.7 Å². The van der Waals surface area contributed by atoms with Crippen molar-refractivity contribution in [2.75, 3.05) is 13.1 Å². The third-order valence-corrected chi connectivity index (χ3v) is 7.11. The Balaban J connectivity index is 1.35. The Labute approximate surface area is 204 Å². The van der Waals surface area contributed by atoms with Gasteiger partial charge in [-0.15, -0.1) is 0 Å². The molecule has 4 N–H and O–H groups in total. The van der Waals surface area contributed by atoms with Gasteiger partial charge in [-0.05, 0) is 67.0 Å². The Morgan fingerprint density at radius 3 is 2.83 bits per heavy atom. The van der Waals surface area contributed by atoms with E-state index in [2.05, 4.69) is 32.1 Å². The maximum atomic E-state index is 13.1. The minimum absolute atomic E-state index is 0.232. The zero-order valence-electron chi connectivity index (χ0n) is 19.5. The van der Waals surface area contributed by atoms with Crippen molar-refractivity contribution in [2.45, 2.75) is 50.5 Å². The van der Waals surface area contributed by atoms with Gasteiger partial charge >= 0.3 is 5.97 Å². The maximum absolute atomic E-state index is 13.1. The van der Waals surface area contributed by atoms with Crippen LogP contribution in [-0.2, 0) is 11.2 Å². The molecule has 9 nitrogen and oxygen atoms in total. The van der Waals surface area contributed by atoms with Gasteiger partial charge in [0.2, 0.25) is 5.96 Å². The number of aliphatic imine (C=N–C) groups is 1. The molecule has 2 aromatic rings. The number of amides is 1. The zero-order chi connectivity index (χ0) is 24.2. The van der Waals surface area contributed by atoms with Crippen molar-refractivity contribution in [1.29, 1.82) is 0 Å². The second-order valence-corrected chi connectivity index (χ2v) is 9.31. The van der Waals surface area contributed by atoms with Crippen LogP contribution in [0, 0.1) is 5.92 Å².